The van der Waals surface area contributed by atoms with Gasteiger partial charge in [-0.25, -0.2) is 13.1 Å². The molecule has 9 heteroatoms. The van der Waals surface area contributed by atoms with Gasteiger partial charge in [-0.15, -0.1) is 6.58 Å². The Labute approximate surface area is 176 Å². The predicted molar refractivity (Wildman–Crippen MR) is 112 cm³/mol. The Kier molecular flexibility index (Phi) is 6.73. The highest BCUT2D eigenvalue weighted by molar-refractivity contribution is 7.89. The number of likely N-dealkylation sites (tertiary alicyclic amines) is 1. The van der Waals surface area contributed by atoms with Crippen LogP contribution in [0.1, 0.15) is 39.5 Å². The van der Waals surface area contributed by atoms with Crippen LogP contribution in [0.2, 0.25) is 0 Å². The lowest BCUT2D eigenvalue weighted by Gasteiger charge is -2.32. The Balaban J connectivity index is 1.59. The van der Waals surface area contributed by atoms with Crippen molar-refractivity contribution in [1.29, 1.82) is 0 Å². The molecule has 1 aromatic carbocycles. The van der Waals surface area contributed by atoms with E-state index in [0.717, 1.165) is 0 Å². The van der Waals surface area contributed by atoms with Crippen LogP contribution in [0.3, 0.4) is 0 Å². The monoisotopic (exact) mass is 431 g/mol. The summed E-state index contributed by atoms with van der Waals surface area (Å²) in [6, 6.07) is 9.28. The lowest BCUT2D eigenvalue weighted by Crippen LogP contribution is -2.46. The minimum absolute atomic E-state index is 0.0334. The molecule has 160 valence electrons. The molecule has 1 aliphatic rings. The van der Waals surface area contributed by atoms with E-state index in [1.165, 1.54) is 18.2 Å². The van der Waals surface area contributed by atoms with Crippen molar-refractivity contribution >= 4 is 21.8 Å². The second-order valence-corrected chi connectivity index (χ2v) is 8.89. The van der Waals surface area contributed by atoms with Crippen molar-refractivity contribution in [3.63, 3.8) is 0 Å². The maximum atomic E-state index is 12.8. The zero-order chi connectivity index (χ0) is 21.7. The molecule has 1 aliphatic heterocycles. The van der Waals surface area contributed by atoms with Crippen LogP contribution >= 0.6 is 0 Å². The van der Waals surface area contributed by atoms with E-state index in [-0.39, 0.29) is 35.1 Å². The largest absolute Gasteiger partial charge is 0.456 e. The van der Waals surface area contributed by atoms with Crippen molar-refractivity contribution in [2.75, 3.05) is 19.6 Å². The summed E-state index contributed by atoms with van der Waals surface area (Å²) in [7, 11) is -3.70. The summed E-state index contributed by atoms with van der Waals surface area (Å²) in [6.07, 6.45) is 2.66. The molecule has 0 spiro atoms. The molecular weight excluding hydrogens is 406 g/mol. The summed E-state index contributed by atoms with van der Waals surface area (Å²) in [4.78, 5) is 26.8. The Morgan fingerprint density at radius 1 is 1.23 bits per heavy atom. The molecule has 0 unspecified atom stereocenters. The van der Waals surface area contributed by atoms with Gasteiger partial charge in [0.2, 0.25) is 10.0 Å². The number of nitrogens with zero attached hydrogens (tertiary/aromatic N) is 1. The number of sulfonamides is 1. The minimum atomic E-state index is -3.70. The molecule has 8 nitrogen and oxygen atoms in total. The molecule has 30 heavy (non-hydrogen) atoms. The third-order valence-corrected chi connectivity index (χ3v) is 6.31. The summed E-state index contributed by atoms with van der Waals surface area (Å²) in [5.41, 5.74) is 0.310. The van der Waals surface area contributed by atoms with Crippen LogP contribution < -0.4 is 10.0 Å². The standard InChI is InChI=1S/C21H25N3O5S/c1-3-11-22-30(27,28)18-6-4-5-16(14-18)21(26)24-12-9-17(10-13-24)23-20(25)19-8-7-15(2)29-19/h3-8,14,17,22H,1,9-13H2,2H3,(H,23,25). The van der Waals surface area contributed by atoms with E-state index in [0.29, 0.717) is 37.3 Å². The molecule has 2 heterocycles. The number of benzene rings is 1. The average Bonchev–Trinajstić information content (AvgIpc) is 3.19. The van der Waals surface area contributed by atoms with E-state index in [4.69, 9.17) is 4.42 Å². The highest BCUT2D eigenvalue weighted by Gasteiger charge is 2.26. The number of hydrogen-bond acceptors (Lipinski definition) is 5. The lowest BCUT2D eigenvalue weighted by molar-refractivity contribution is 0.0695. The predicted octanol–water partition coefficient (Wildman–Crippen LogP) is 2.09. The fourth-order valence-electron chi connectivity index (χ4n) is 3.27. The van der Waals surface area contributed by atoms with Gasteiger partial charge in [0.1, 0.15) is 5.76 Å². The van der Waals surface area contributed by atoms with Gasteiger partial charge in [0.25, 0.3) is 11.8 Å². The quantitative estimate of drug-likeness (QED) is 0.653. The van der Waals surface area contributed by atoms with Crippen molar-refractivity contribution in [3.8, 4) is 0 Å². The normalized spacial score (nSPS) is 15.0. The number of carbonyl (C=O) groups is 2. The third-order valence-electron chi connectivity index (χ3n) is 4.89. The SMILES string of the molecule is C=CCNS(=O)(=O)c1cccc(C(=O)N2CCC(NC(=O)c3ccc(C)o3)CC2)c1. The van der Waals surface area contributed by atoms with Crippen molar-refractivity contribution in [2.45, 2.75) is 30.7 Å². The van der Waals surface area contributed by atoms with Gasteiger partial charge in [-0.1, -0.05) is 12.1 Å². The van der Waals surface area contributed by atoms with E-state index < -0.39 is 10.0 Å². The molecule has 0 atom stereocenters. The Bertz CT molecular complexity index is 1040. The minimum Gasteiger partial charge on any atom is -0.456 e. The molecule has 0 bridgehead atoms. The van der Waals surface area contributed by atoms with Crippen LogP contribution in [-0.2, 0) is 10.0 Å². The van der Waals surface area contributed by atoms with Gasteiger partial charge in [-0.05, 0) is 50.1 Å². The number of hydrogen-bond donors (Lipinski definition) is 2. The molecule has 1 fully saturated rings. The summed E-state index contributed by atoms with van der Waals surface area (Å²) in [5.74, 6) is 0.443. The van der Waals surface area contributed by atoms with Gasteiger partial charge < -0.3 is 14.6 Å². The van der Waals surface area contributed by atoms with Gasteiger partial charge >= 0.3 is 0 Å². The Hall–Kier alpha value is -2.91. The van der Waals surface area contributed by atoms with Crippen molar-refractivity contribution in [3.05, 3.63) is 66.1 Å². The van der Waals surface area contributed by atoms with Crippen LogP contribution in [0, 0.1) is 6.92 Å². The van der Waals surface area contributed by atoms with Crippen LogP contribution in [0.25, 0.3) is 0 Å². The lowest BCUT2D eigenvalue weighted by atomic mass is 10.0. The second-order valence-electron chi connectivity index (χ2n) is 7.12. The Morgan fingerprint density at radius 3 is 2.60 bits per heavy atom. The maximum Gasteiger partial charge on any atom is 0.287 e. The first-order valence-corrected chi connectivity index (χ1v) is 11.2. The first-order chi connectivity index (χ1) is 14.3. The average molecular weight is 432 g/mol. The number of carbonyl (C=O) groups excluding carboxylic acids is 2. The van der Waals surface area contributed by atoms with Crippen molar-refractivity contribution in [1.82, 2.24) is 14.9 Å². The molecule has 1 aromatic heterocycles. The number of amides is 2. The van der Waals surface area contributed by atoms with E-state index >= 15 is 0 Å². The molecule has 3 rings (SSSR count). The van der Waals surface area contributed by atoms with E-state index in [1.54, 1.807) is 36.1 Å². The smallest absolute Gasteiger partial charge is 0.287 e. The zero-order valence-corrected chi connectivity index (χ0v) is 17.6. The number of aryl methyl sites for hydroxylation is 1. The summed E-state index contributed by atoms with van der Waals surface area (Å²) < 4.78 is 32.3. The molecule has 2 amide bonds. The van der Waals surface area contributed by atoms with Gasteiger partial charge in [0.15, 0.2) is 5.76 Å². The number of nitrogens with one attached hydrogen (secondary N) is 2. The van der Waals surface area contributed by atoms with E-state index in [2.05, 4.69) is 16.6 Å². The number of rotatable bonds is 7. The summed E-state index contributed by atoms with van der Waals surface area (Å²) in [6.45, 7) is 6.30. The Morgan fingerprint density at radius 2 is 1.97 bits per heavy atom. The highest BCUT2D eigenvalue weighted by atomic mass is 32.2. The molecular formula is C21H25N3O5S. The second kappa shape index (κ2) is 9.27. The highest BCUT2D eigenvalue weighted by Crippen LogP contribution is 2.18. The third kappa shape index (κ3) is 5.17. The van der Waals surface area contributed by atoms with E-state index in [9.17, 15) is 18.0 Å². The molecule has 2 aromatic rings. The van der Waals surface area contributed by atoms with Gasteiger partial charge in [-0.2, -0.15) is 0 Å². The number of piperidine rings is 1. The van der Waals surface area contributed by atoms with Crippen molar-refractivity contribution in [2.24, 2.45) is 0 Å². The van der Waals surface area contributed by atoms with Gasteiger partial charge in [-0.3, -0.25) is 9.59 Å². The molecule has 2 N–H and O–H groups in total. The van der Waals surface area contributed by atoms with E-state index in [1.807, 2.05) is 0 Å². The molecule has 0 aliphatic carbocycles. The van der Waals surface area contributed by atoms with Crippen LogP contribution in [0.4, 0.5) is 0 Å². The zero-order valence-electron chi connectivity index (χ0n) is 16.8. The van der Waals surface area contributed by atoms with Gasteiger partial charge in [0, 0.05) is 31.2 Å². The van der Waals surface area contributed by atoms with Crippen molar-refractivity contribution < 1.29 is 22.4 Å². The number of furan rings is 1. The maximum absolute atomic E-state index is 12.8. The van der Waals surface area contributed by atoms with Crippen LogP contribution in [0.15, 0.2) is 58.4 Å². The fourth-order valence-corrected chi connectivity index (χ4v) is 4.31. The van der Waals surface area contributed by atoms with Gasteiger partial charge in [0.05, 0.1) is 4.90 Å². The first kappa shape index (κ1) is 21.8. The van der Waals surface area contributed by atoms with Crippen LogP contribution in [-0.4, -0.2) is 50.8 Å². The molecule has 1 saturated heterocycles. The summed E-state index contributed by atoms with van der Waals surface area (Å²) >= 11 is 0. The topological polar surface area (TPSA) is 109 Å². The molecule has 0 radical (unpaired) electrons. The first-order valence-electron chi connectivity index (χ1n) is 9.67. The molecule has 0 saturated carbocycles. The summed E-state index contributed by atoms with van der Waals surface area (Å²) in [5, 5.41) is 2.93. The van der Waals surface area contributed by atoms with Crippen LogP contribution in [0.5, 0.6) is 0 Å². The fraction of sp³-hybridized carbons (Fsp3) is 0.333.